The third kappa shape index (κ3) is 4.02. The van der Waals surface area contributed by atoms with E-state index in [0.29, 0.717) is 15.9 Å². The van der Waals surface area contributed by atoms with E-state index >= 15 is 0 Å². The average Bonchev–Trinajstić information content (AvgIpc) is 2.36. The first-order valence-electron chi connectivity index (χ1n) is 6.27. The lowest BCUT2D eigenvalue weighted by Gasteiger charge is -2.22. The number of nitrogens with zero attached hydrogens (tertiary/aromatic N) is 1. The molecule has 0 aliphatic carbocycles. The van der Waals surface area contributed by atoms with E-state index in [1.165, 1.54) is 4.31 Å². The first kappa shape index (κ1) is 16.6. The second-order valence-corrected chi connectivity index (χ2v) is 7.48. The maximum atomic E-state index is 12.5. The van der Waals surface area contributed by atoms with Crippen LogP contribution >= 0.6 is 15.9 Å². The molecule has 0 bridgehead atoms. The van der Waals surface area contributed by atoms with E-state index in [0.717, 1.165) is 12.1 Å². The second-order valence-electron chi connectivity index (χ2n) is 4.66. The summed E-state index contributed by atoms with van der Waals surface area (Å²) in [4.78, 5) is 0.319. The summed E-state index contributed by atoms with van der Waals surface area (Å²) in [5.41, 5.74) is 0.959. The van der Waals surface area contributed by atoms with Gasteiger partial charge >= 0.3 is 0 Å². The van der Waals surface area contributed by atoms with Gasteiger partial charge in [-0.3, -0.25) is 0 Å². The summed E-state index contributed by atoms with van der Waals surface area (Å²) < 4.78 is 27.0. The largest absolute Gasteiger partial charge is 0.313 e. The highest BCUT2D eigenvalue weighted by atomic mass is 79.9. The fourth-order valence-corrected chi connectivity index (χ4v) is 3.90. The summed E-state index contributed by atoms with van der Waals surface area (Å²) in [6, 6.07) is 5.35. The third-order valence-corrected chi connectivity index (χ3v) is 5.99. The van der Waals surface area contributed by atoms with Crippen LogP contribution in [0.25, 0.3) is 0 Å². The van der Waals surface area contributed by atoms with Gasteiger partial charge in [0.2, 0.25) is 10.0 Å². The van der Waals surface area contributed by atoms with Crippen molar-refractivity contribution in [1.29, 1.82) is 0 Å². The van der Waals surface area contributed by atoms with Crippen molar-refractivity contribution in [3.8, 4) is 0 Å². The van der Waals surface area contributed by atoms with Crippen LogP contribution in [0, 0.1) is 0 Å². The van der Waals surface area contributed by atoms with Gasteiger partial charge in [0.1, 0.15) is 0 Å². The Morgan fingerprint density at radius 2 is 2.00 bits per heavy atom. The van der Waals surface area contributed by atoms with Crippen LogP contribution in [0.5, 0.6) is 0 Å². The van der Waals surface area contributed by atoms with Gasteiger partial charge in [0.15, 0.2) is 0 Å². The van der Waals surface area contributed by atoms with Gasteiger partial charge in [-0.05, 0) is 54.0 Å². The molecule has 4 nitrogen and oxygen atoms in total. The molecule has 1 aromatic carbocycles. The van der Waals surface area contributed by atoms with Gasteiger partial charge in [0.25, 0.3) is 0 Å². The fourth-order valence-electron chi connectivity index (χ4n) is 1.56. The molecule has 0 amide bonds. The van der Waals surface area contributed by atoms with Crippen LogP contribution in [0.3, 0.4) is 0 Å². The Bertz CT molecular complexity index is 529. The lowest BCUT2D eigenvalue weighted by Crippen LogP contribution is -2.33. The molecule has 0 radical (unpaired) electrons. The number of rotatable bonds is 6. The van der Waals surface area contributed by atoms with Gasteiger partial charge in [0.05, 0.1) is 4.90 Å². The minimum atomic E-state index is -3.46. The Morgan fingerprint density at radius 3 is 2.53 bits per heavy atom. The number of sulfonamides is 1. The van der Waals surface area contributed by atoms with Crippen molar-refractivity contribution >= 4 is 26.0 Å². The Hall–Kier alpha value is -0.430. The molecular weight excluding hydrogens is 328 g/mol. The monoisotopic (exact) mass is 348 g/mol. The maximum Gasteiger partial charge on any atom is 0.244 e. The van der Waals surface area contributed by atoms with Crippen molar-refractivity contribution in [2.24, 2.45) is 0 Å². The molecule has 1 N–H and O–H groups in total. The molecular formula is C13H21BrN2O2S. The lowest BCUT2D eigenvalue weighted by atomic mass is 10.2. The van der Waals surface area contributed by atoms with Gasteiger partial charge in [-0.2, -0.15) is 4.31 Å². The zero-order valence-corrected chi connectivity index (χ0v) is 14.2. The van der Waals surface area contributed by atoms with Gasteiger partial charge in [-0.25, -0.2) is 8.42 Å². The third-order valence-electron chi connectivity index (χ3n) is 2.96. The van der Waals surface area contributed by atoms with Gasteiger partial charge < -0.3 is 5.32 Å². The van der Waals surface area contributed by atoms with Crippen LogP contribution in [-0.4, -0.2) is 32.4 Å². The molecule has 1 aromatic rings. The minimum absolute atomic E-state index is 0.0747. The smallest absolute Gasteiger partial charge is 0.244 e. The zero-order valence-electron chi connectivity index (χ0n) is 11.8. The molecule has 0 heterocycles. The summed E-state index contributed by atoms with van der Waals surface area (Å²) in [6.07, 6.45) is 0. The summed E-state index contributed by atoms with van der Waals surface area (Å²) >= 11 is 3.33. The Morgan fingerprint density at radius 1 is 1.37 bits per heavy atom. The van der Waals surface area contributed by atoms with Crippen LogP contribution in [0.15, 0.2) is 27.6 Å². The molecule has 19 heavy (non-hydrogen) atoms. The zero-order chi connectivity index (χ0) is 14.6. The van der Waals surface area contributed by atoms with Crippen molar-refractivity contribution in [1.82, 2.24) is 9.62 Å². The van der Waals surface area contributed by atoms with Crippen molar-refractivity contribution in [3.63, 3.8) is 0 Å². The highest BCUT2D eigenvalue weighted by Gasteiger charge is 2.25. The van der Waals surface area contributed by atoms with E-state index in [9.17, 15) is 8.42 Å². The van der Waals surface area contributed by atoms with E-state index in [2.05, 4.69) is 21.2 Å². The number of hydrogen-bond acceptors (Lipinski definition) is 3. The molecule has 0 unspecified atom stereocenters. The number of hydrogen-bond donors (Lipinski definition) is 1. The molecule has 0 atom stereocenters. The maximum absolute atomic E-state index is 12.5. The van der Waals surface area contributed by atoms with E-state index in [1.807, 2.05) is 26.8 Å². The van der Waals surface area contributed by atoms with E-state index in [1.54, 1.807) is 19.2 Å². The van der Waals surface area contributed by atoms with Gasteiger partial charge in [-0.15, -0.1) is 0 Å². The van der Waals surface area contributed by atoms with Crippen LogP contribution in [0.4, 0.5) is 0 Å². The molecule has 0 aliphatic rings. The predicted molar refractivity (Wildman–Crippen MR) is 81.6 cm³/mol. The Kier molecular flexibility index (Phi) is 5.98. The SMILES string of the molecule is CCNCc1ccc(Br)c(S(=O)(=O)N(C)C(C)C)c1. The minimum Gasteiger partial charge on any atom is -0.313 e. The molecule has 6 heteroatoms. The van der Waals surface area contributed by atoms with Crippen LogP contribution in [0.2, 0.25) is 0 Å². The first-order chi connectivity index (χ1) is 8.80. The lowest BCUT2D eigenvalue weighted by molar-refractivity contribution is 0.410. The van der Waals surface area contributed by atoms with Crippen molar-refractivity contribution in [2.75, 3.05) is 13.6 Å². The Labute approximate surface area is 124 Å². The molecule has 1 rings (SSSR count). The summed E-state index contributed by atoms with van der Waals surface area (Å²) in [7, 11) is -1.86. The molecule has 0 aliphatic heterocycles. The topological polar surface area (TPSA) is 49.4 Å². The molecule has 0 saturated heterocycles. The Balaban J connectivity index is 3.18. The number of benzene rings is 1. The fraction of sp³-hybridized carbons (Fsp3) is 0.538. The first-order valence-corrected chi connectivity index (χ1v) is 8.51. The highest BCUT2D eigenvalue weighted by Crippen LogP contribution is 2.26. The average molecular weight is 349 g/mol. The molecule has 0 aromatic heterocycles. The molecule has 0 saturated carbocycles. The molecule has 0 spiro atoms. The van der Waals surface area contributed by atoms with Crippen LogP contribution < -0.4 is 5.32 Å². The van der Waals surface area contributed by atoms with Crippen LogP contribution in [-0.2, 0) is 16.6 Å². The predicted octanol–water partition coefficient (Wildman–Crippen LogP) is 2.59. The van der Waals surface area contributed by atoms with Crippen LogP contribution in [0.1, 0.15) is 26.3 Å². The second kappa shape index (κ2) is 6.83. The van der Waals surface area contributed by atoms with Crippen molar-refractivity contribution in [2.45, 2.75) is 38.3 Å². The van der Waals surface area contributed by atoms with E-state index < -0.39 is 10.0 Å². The quantitative estimate of drug-likeness (QED) is 0.859. The van der Waals surface area contributed by atoms with E-state index in [4.69, 9.17) is 0 Å². The summed E-state index contributed by atoms with van der Waals surface area (Å²) in [5.74, 6) is 0. The van der Waals surface area contributed by atoms with Gasteiger partial charge in [0, 0.05) is 24.1 Å². The normalized spacial score (nSPS) is 12.4. The highest BCUT2D eigenvalue weighted by molar-refractivity contribution is 9.10. The molecule has 108 valence electrons. The number of halogens is 1. The van der Waals surface area contributed by atoms with Gasteiger partial charge in [-0.1, -0.05) is 13.0 Å². The van der Waals surface area contributed by atoms with Crippen molar-refractivity contribution in [3.05, 3.63) is 28.2 Å². The summed E-state index contributed by atoms with van der Waals surface area (Å²) in [6.45, 7) is 7.24. The molecule has 0 fully saturated rings. The van der Waals surface area contributed by atoms with Crippen molar-refractivity contribution < 1.29 is 8.42 Å². The number of nitrogens with one attached hydrogen (secondary N) is 1. The summed E-state index contributed by atoms with van der Waals surface area (Å²) in [5, 5.41) is 3.19. The van der Waals surface area contributed by atoms with E-state index in [-0.39, 0.29) is 6.04 Å². The standard InChI is InChI=1S/C13H21BrN2O2S/c1-5-15-9-11-6-7-12(14)13(8-11)19(17,18)16(4)10(2)3/h6-8,10,15H,5,9H2,1-4H3.